The van der Waals surface area contributed by atoms with Crippen LogP contribution in [0.2, 0.25) is 5.15 Å². The number of nitrogens with zero attached hydrogens (tertiary/aromatic N) is 2. The number of hydrogen-bond donors (Lipinski definition) is 1. The van der Waals surface area contributed by atoms with Crippen molar-refractivity contribution in [3.63, 3.8) is 0 Å². The monoisotopic (exact) mass is 427 g/mol. The maximum Gasteiger partial charge on any atom is 0.422 e. The topological polar surface area (TPSA) is 64.1 Å². The third-order valence-electron chi connectivity index (χ3n) is 3.38. The third-order valence-corrected chi connectivity index (χ3v) is 3.67. The van der Waals surface area contributed by atoms with E-state index in [1.807, 2.05) is 0 Å². The standard InChI is InChI=1S/C16H12ClF6N3O2/c1-8(12-13(17)25-6-5-24-12)26-14(27)9-3-2-4-10(11(9)16(21,22)23)28-7-15(18,19)20/h2-6,8H,7H2,1H3,(H,26,27). The first-order valence-corrected chi connectivity index (χ1v) is 7.95. The molecule has 12 heteroatoms. The minimum atomic E-state index is -5.14. The molecule has 1 heterocycles. The van der Waals surface area contributed by atoms with Crippen LogP contribution in [0.15, 0.2) is 30.6 Å². The summed E-state index contributed by atoms with van der Waals surface area (Å²) in [7, 11) is 0. The first kappa shape index (κ1) is 21.7. The van der Waals surface area contributed by atoms with Crippen molar-refractivity contribution in [1.29, 1.82) is 0 Å². The Morgan fingerprint density at radius 1 is 1.18 bits per heavy atom. The van der Waals surface area contributed by atoms with E-state index in [9.17, 15) is 31.1 Å². The van der Waals surface area contributed by atoms with E-state index in [0.29, 0.717) is 6.07 Å². The number of ether oxygens (including phenoxy) is 1. The van der Waals surface area contributed by atoms with Crippen LogP contribution in [0.4, 0.5) is 26.3 Å². The molecule has 0 fully saturated rings. The van der Waals surface area contributed by atoms with Crippen molar-refractivity contribution in [2.45, 2.75) is 25.3 Å². The molecule has 0 aliphatic heterocycles. The Bertz CT molecular complexity index is 857. The van der Waals surface area contributed by atoms with Gasteiger partial charge in [-0.3, -0.25) is 9.78 Å². The van der Waals surface area contributed by atoms with E-state index in [1.165, 1.54) is 19.3 Å². The SMILES string of the molecule is CC(NC(=O)c1cccc(OCC(F)(F)F)c1C(F)(F)F)c1nccnc1Cl. The van der Waals surface area contributed by atoms with Crippen molar-refractivity contribution in [2.24, 2.45) is 0 Å². The minimum absolute atomic E-state index is 0.0615. The summed E-state index contributed by atoms with van der Waals surface area (Å²) < 4.78 is 81.5. The highest BCUT2D eigenvalue weighted by molar-refractivity contribution is 6.30. The molecule has 0 bridgehead atoms. The molecule has 2 rings (SSSR count). The Balaban J connectivity index is 2.36. The lowest BCUT2D eigenvalue weighted by molar-refractivity contribution is -0.158. The second kappa shape index (κ2) is 8.21. The Morgan fingerprint density at radius 2 is 1.82 bits per heavy atom. The van der Waals surface area contributed by atoms with Gasteiger partial charge in [0.15, 0.2) is 11.8 Å². The van der Waals surface area contributed by atoms with Crippen molar-refractivity contribution in [3.8, 4) is 5.75 Å². The predicted molar refractivity (Wildman–Crippen MR) is 85.9 cm³/mol. The fraction of sp³-hybridized carbons (Fsp3) is 0.312. The van der Waals surface area contributed by atoms with E-state index >= 15 is 0 Å². The number of alkyl halides is 6. The highest BCUT2D eigenvalue weighted by Crippen LogP contribution is 2.39. The van der Waals surface area contributed by atoms with Crippen LogP contribution in [0.5, 0.6) is 5.75 Å². The van der Waals surface area contributed by atoms with Gasteiger partial charge >= 0.3 is 12.4 Å². The summed E-state index contributed by atoms with van der Waals surface area (Å²) in [5.74, 6) is -2.30. The lowest BCUT2D eigenvalue weighted by Crippen LogP contribution is -2.30. The summed E-state index contributed by atoms with van der Waals surface area (Å²) in [6.45, 7) is -0.530. The Labute approximate surface area is 159 Å². The Morgan fingerprint density at radius 3 is 2.39 bits per heavy atom. The molecule has 1 aromatic heterocycles. The predicted octanol–water partition coefficient (Wildman–Crippen LogP) is 4.58. The molecule has 0 aliphatic rings. The molecule has 28 heavy (non-hydrogen) atoms. The van der Waals surface area contributed by atoms with Gasteiger partial charge in [-0.25, -0.2) is 4.98 Å². The molecule has 0 saturated heterocycles. The molecule has 0 radical (unpaired) electrons. The molecule has 0 saturated carbocycles. The summed E-state index contributed by atoms with van der Waals surface area (Å²) in [5.41, 5.74) is -2.41. The van der Waals surface area contributed by atoms with Gasteiger partial charge < -0.3 is 10.1 Å². The highest BCUT2D eigenvalue weighted by Gasteiger charge is 2.40. The first-order chi connectivity index (χ1) is 12.9. The molecule has 152 valence electrons. The molecule has 0 aliphatic carbocycles. The van der Waals surface area contributed by atoms with E-state index in [4.69, 9.17) is 11.6 Å². The zero-order valence-electron chi connectivity index (χ0n) is 14.0. The summed E-state index contributed by atoms with van der Waals surface area (Å²) in [6.07, 6.45) is -7.43. The number of amides is 1. The fourth-order valence-corrected chi connectivity index (χ4v) is 2.53. The second-order valence-corrected chi connectivity index (χ2v) is 5.87. The molecule has 1 atom stereocenters. The van der Waals surface area contributed by atoms with Gasteiger partial charge in [-0.05, 0) is 19.1 Å². The molecule has 1 N–H and O–H groups in total. The average molecular weight is 428 g/mol. The number of carbonyl (C=O) groups excluding carboxylic acids is 1. The number of rotatable bonds is 5. The molecule has 2 aromatic rings. The van der Waals surface area contributed by atoms with E-state index in [0.717, 1.165) is 12.1 Å². The summed E-state index contributed by atoms with van der Waals surface area (Å²) in [4.78, 5) is 20.0. The number of carbonyl (C=O) groups is 1. The smallest absolute Gasteiger partial charge is 0.422 e. The fourth-order valence-electron chi connectivity index (χ4n) is 2.26. The maximum absolute atomic E-state index is 13.4. The first-order valence-electron chi connectivity index (χ1n) is 7.57. The van der Waals surface area contributed by atoms with Gasteiger partial charge in [-0.1, -0.05) is 17.7 Å². The molecule has 5 nitrogen and oxygen atoms in total. The van der Waals surface area contributed by atoms with Crippen molar-refractivity contribution >= 4 is 17.5 Å². The summed E-state index contributed by atoms with van der Waals surface area (Å²) >= 11 is 5.83. The van der Waals surface area contributed by atoms with Crippen molar-refractivity contribution in [1.82, 2.24) is 15.3 Å². The average Bonchev–Trinajstić information content (AvgIpc) is 2.58. The van der Waals surface area contributed by atoms with Gasteiger partial charge in [-0.15, -0.1) is 0 Å². The largest absolute Gasteiger partial charge is 0.483 e. The second-order valence-electron chi connectivity index (χ2n) is 5.51. The minimum Gasteiger partial charge on any atom is -0.483 e. The molecular weight excluding hydrogens is 416 g/mol. The molecule has 1 aromatic carbocycles. The number of aromatic nitrogens is 2. The van der Waals surface area contributed by atoms with Gasteiger partial charge in [-0.2, -0.15) is 26.3 Å². The van der Waals surface area contributed by atoms with Gasteiger partial charge in [0.2, 0.25) is 0 Å². The van der Waals surface area contributed by atoms with Crippen LogP contribution >= 0.6 is 11.6 Å². The number of hydrogen-bond acceptors (Lipinski definition) is 4. The van der Waals surface area contributed by atoms with E-state index in [-0.39, 0.29) is 10.8 Å². The van der Waals surface area contributed by atoms with Gasteiger partial charge in [0.1, 0.15) is 11.3 Å². The molecule has 0 spiro atoms. The van der Waals surface area contributed by atoms with E-state index < -0.39 is 47.8 Å². The van der Waals surface area contributed by atoms with Crippen LogP contribution in [0, 0.1) is 0 Å². The van der Waals surface area contributed by atoms with Crippen LogP contribution in [0.3, 0.4) is 0 Å². The maximum atomic E-state index is 13.4. The highest BCUT2D eigenvalue weighted by atomic mass is 35.5. The zero-order valence-corrected chi connectivity index (χ0v) is 14.8. The van der Waals surface area contributed by atoms with Crippen molar-refractivity contribution in [3.05, 3.63) is 52.6 Å². The number of benzene rings is 1. The van der Waals surface area contributed by atoms with Crippen LogP contribution in [-0.4, -0.2) is 28.7 Å². The zero-order chi connectivity index (χ0) is 21.1. The van der Waals surface area contributed by atoms with Crippen molar-refractivity contribution in [2.75, 3.05) is 6.61 Å². The van der Waals surface area contributed by atoms with Crippen LogP contribution in [-0.2, 0) is 6.18 Å². The van der Waals surface area contributed by atoms with Gasteiger partial charge in [0, 0.05) is 12.4 Å². The van der Waals surface area contributed by atoms with Gasteiger partial charge in [0.05, 0.1) is 17.3 Å². The summed E-state index contributed by atoms with van der Waals surface area (Å²) in [5, 5.41) is 2.20. The molecule has 1 unspecified atom stereocenters. The van der Waals surface area contributed by atoms with Gasteiger partial charge in [0.25, 0.3) is 5.91 Å². The third kappa shape index (κ3) is 5.47. The van der Waals surface area contributed by atoms with Crippen LogP contribution in [0.25, 0.3) is 0 Å². The van der Waals surface area contributed by atoms with E-state index in [2.05, 4.69) is 20.0 Å². The quantitative estimate of drug-likeness (QED) is 0.709. The normalized spacial score (nSPS) is 13.1. The molecular formula is C16H12ClF6N3O2. The Hall–Kier alpha value is -2.56. The molecule has 1 amide bonds. The summed E-state index contributed by atoms with van der Waals surface area (Å²) in [6, 6.07) is 1.59. The van der Waals surface area contributed by atoms with Crippen LogP contribution in [0.1, 0.15) is 34.6 Å². The lowest BCUT2D eigenvalue weighted by atomic mass is 10.0. The number of halogens is 7. The van der Waals surface area contributed by atoms with Crippen molar-refractivity contribution < 1.29 is 35.9 Å². The number of nitrogens with one attached hydrogen (secondary N) is 1. The Kier molecular flexibility index (Phi) is 6.37. The lowest BCUT2D eigenvalue weighted by Gasteiger charge is -2.20. The van der Waals surface area contributed by atoms with Crippen LogP contribution < -0.4 is 10.1 Å². The van der Waals surface area contributed by atoms with E-state index in [1.54, 1.807) is 0 Å².